The number of thioether (sulfide) groups is 2. The summed E-state index contributed by atoms with van der Waals surface area (Å²) in [5.74, 6) is 1.06. The second kappa shape index (κ2) is 12.7. The Kier molecular flexibility index (Phi) is 10.3. The molecule has 2 aromatic rings. The van der Waals surface area contributed by atoms with Gasteiger partial charge in [0.25, 0.3) is 5.91 Å². The van der Waals surface area contributed by atoms with Gasteiger partial charge in [-0.2, -0.15) is 11.8 Å². The summed E-state index contributed by atoms with van der Waals surface area (Å²) in [6.45, 7) is 1.69. The number of carbonyl (C=O) groups excluding carboxylic acids is 1. The van der Waals surface area contributed by atoms with Crippen LogP contribution in [0.1, 0.15) is 41.6 Å². The molecule has 1 amide bonds. The highest BCUT2D eigenvalue weighted by atomic mass is 35.5. The van der Waals surface area contributed by atoms with Gasteiger partial charge in [-0.15, -0.1) is 11.8 Å². The Labute approximate surface area is 215 Å². The third-order valence-electron chi connectivity index (χ3n) is 5.45. The molecule has 0 aliphatic carbocycles. The Morgan fingerprint density at radius 3 is 2.36 bits per heavy atom. The molecule has 10 heteroatoms. The van der Waals surface area contributed by atoms with Crippen molar-refractivity contribution in [3.05, 3.63) is 57.6 Å². The smallest absolute Gasteiger partial charge is 0.255 e. The number of likely N-dealkylation sites (tertiary alicyclic amines) is 1. The summed E-state index contributed by atoms with van der Waals surface area (Å²) in [6, 6.07) is 10.2. The zero-order valence-electron chi connectivity index (χ0n) is 18.5. The van der Waals surface area contributed by atoms with Gasteiger partial charge in [0.1, 0.15) is 0 Å². The van der Waals surface area contributed by atoms with Gasteiger partial charge in [0.05, 0.1) is 10.5 Å². The van der Waals surface area contributed by atoms with Gasteiger partial charge in [-0.3, -0.25) is 4.79 Å². The van der Waals surface area contributed by atoms with Crippen molar-refractivity contribution in [3.63, 3.8) is 0 Å². The molecule has 0 saturated carbocycles. The summed E-state index contributed by atoms with van der Waals surface area (Å²) in [4.78, 5) is 15.9. The van der Waals surface area contributed by atoms with Crippen LogP contribution < -0.4 is 4.72 Å². The first kappa shape index (κ1) is 26.7. The van der Waals surface area contributed by atoms with Crippen molar-refractivity contribution >= 4 is 62.7 Å². The lowest BCUT2D eigenvalue weighted by Crippen LogP contribution is -2.32. The normalized spacial score (nSPS) is 14.8. The van der Waals surface area contributed by atoms with Crippen molar-refractivity contribution in [1.82, 2.24) is 9.62 Å². The summed E-state index contributed by atoms with van der Waals surface area (Å²) in [6.07, 6.45) is 6.10. The summed E-state index contributed by atoms with van der Waals surface area (Å²) in [7, 11) is -3.74. The number of benzene rings is 2. The van der Waals surface area contributed by atoms with Crippen molar-refractivity contribution < 1.29 is 13.2 Å². The predicted octanol–water partition coefficient (Wildman–Crippen LogP) is 5.94. The molecule has 1 saturated heterocycles. The van der Waals surface area contributed by atoms with E-state index in [0.717, 1.165) is 36.1 Å². The van der Waals surface area contributed by atoms with Crippen molar-refractivity contribution in [2.75, 3.05) is 31.6 Å². The molecule has 0 radical (unpaired) electrons. The van der Waals surface area contributed by atoms with Crippen LogP contribution in [0.2, 0.25) is 10.0 Å². The SMILES string of the molecule is CSc1ccc(S(=O)(=O)NCCSCc2c(Cl)cccc2Cl)cc1C(=O)N1CCCCCC1. The molecule has 1 fully saturated rings. The van der Waals surface area contributed by atoms with E-state index in [1.807, 2.05) is 11.2 Å². The molecule has 0 atom stereocenters. The molecule has 180 valence electrons. The molecule has 0 aromatic heterocycles. The Morgan fingerprint density at radius 2 is 1.73 bits per heavy atom. The van der Waals surface area contributed by atoms with E-state index in [1.165, 1.54) is 17.8 Å². The van der Waals surface area contributed by atoms with E-state index in [2.05, 4.69) is 4.72 Å². The van der Waals surface area contributed by atoms with Crippen LogP contribution >= 0.6 is 46.7 Å². The quantitative estimate of drug-likeness (QED) is 0.311. The average molecular weight is 548 g/mol. The van der Waals surface area contributed by atoms with Gasteiger partial charge >= 0.3 is 0 Å². The van der Waals surface area contributed by atoms with Gasteiger partial charge in [-0.25, -0.2) is 13.1 Å². The Morgan fingerprint density at radius 1 is 1.06 bits per heavy atom. The number of hydrogen-bond donors (Lipinski definition) is 1. The molecule has 1 N–H and O–H groups in total. The molecular weight excluding hydrogens is 519 g/mol. The summed E-state index contributed by atoms with van der Waals surface area (Å²) >= 11 is 15.4. The summed E-state index contributed by atoms with van der Waals surface area (Å²) in [5.41, 5.74) is 1.30. The predicted molar refractivity (Wildman–Crippen MR) is 140 cm³/mol. The van der Waals surface area contributed by atoms with Gasteiger partial charge in [-0.1, -0.05) is 42.1 Å². The molecule has 1 aliphatic heterocycles. The van der Waals surface area contributed by atoms with E-state index in [4.69, 9.17) is 23.2 Å². The van der Waals surface area contributed by atoms with Crippen LogP contribution in [0, 0.1) is 0 Å². The largest absolute Gasteiger partial charge is 0.339 e. The fourth-order valence-corrected chi connectivity index (χ4v) is 6.99. The zero-order valence-corrected chi connectivity index (χ0v) is 22.4. The maximum absolute atomic E-state index is 13.2. The average Bonchev–Trinajstić information content (AvgIpc) is 3.09. The van der Waals surface area contributed by atoms with Gasteiger partial charge in [-0.05, 0) is 55.0 Å². The number of nitrogens with one attached hydrogen (secondary N) is 1. The minimum atomic E-state index is -3.74. The van der Waals surface area contributed by atoms with Crippen LogP contribution in [-0.2, 0) is 15.8 Å². The number of hydrogen-bond acceptors (Lipinski definition) is 5. The number of nitrogens with zero attached hydrogens (tertiary/aromatic N) is 1. The first-order valence-electron chi connectivity index (χ1n) is 10.8. The van der Waals surface area contributed by atoms with Crippen molar-refractivity contribution in [3.8, 4) is 0 Å². The Hall–Kier alpha value is -0.900. The molecule has 33 heavy (non-hydrogen) atoms. The highest BCUT2D eigenvalue weighted by Crippen LogP contribution is 2.28. The zero-order chi connectivity index (χ0) is 23.8. The van der Waals surface area contributed by atoms with Gasteiger partial charge in [0.15, 0.2) is 0 Å². The van der Waals surface area contributed by atoms with E-state index in [9.17, 15) is 13.2 Å². The van der Waals surface area contributed by atoms with Crippen molar-refractivity contribution in [2.45, 2.75) is 41.2 Å². The van der Waals surface area contributed by atoms with Crippen molar-refractivity contribution in [1.29, 1.82) is 0 Å². The molecule has 3 rings (SSSR count). The lowest BCUT2D eigenvalue weighted by atomic mass is 10.2. The molecule has 0 bridgehead atoms. The summed E-state index contributed by atoms with van der Waals surface area (Å²) < 4.78 is 28.4. The van der Waals surface area contributed by atoms with Crippen LogP contribution in [0.5, 0.6) is 0 Å². The van der Waals surface area contributed by atoms with Gasteiger partial charge in [0.2, 0.25) is 10.0 Å². The van der Waals surface area contributed by atoms with E-state index in [-0.39, 0.29) is 17.3 Å². The summed E-state index contributed by atoms with van der Waals surface area (Å²) in [5, 5.41) is 1.21. The topological polar surface area (TPSA) is 66.5 Å². The fourth-order valence-electron chi connectivity index (χ4n) is 3.64. The highest BCUT2D eigenvalue weighted by Gasteiger charge is 2.23. The van der Waals surface area contributed by atoms with Crippen LogP contribution in [0.4, 0.5) is 0 Å². The first-order chi connectivity index (χ1) is 15.8. The molecule has 1 aliphatic rings. The Balaban J connectivity index is 1.63. The molecule has 2 aromatic carbocycles. The standard InChI is InChI=1S/C23H28Cl2N2O3S3/c1-31-22-10-9-17(15-18(22)23(28)27-12-4-2-3-5-13-27)33(29,30)26-11-14-32-16-19-20(24)7-6-8-21(19)25/h6-10,15,26H,2-5,11-14,16H2,1H3. The van der Waals surface area contributed by atoms with E-state index in [1.54, 1.807) is 42.1 Å². The lowest BCUT2D eigenvalue weighted by Gasteiger charge is -2.22. The van der Waals surface area contributed by atoms with Crippen LogP contribution in [0.3, 0.4) is 0 Å². The lowest BCUT2D eigenvalue weighted by molar-refractivity contribution is 0.0758. The number of sulfonamides is 1. The number of carbonyl (C=O) groups is 1. The minimum Gasteiger partial charge on any atom is -0.339 e. The maximum Gasteiger partial charge on any atom is 0.255 e. The molecule has 0 spiro atoms. The first-order valence-corrected chi connectivity index (χ1v) is 15.4. The van der Waals surface area contributed by atoms with Gasteiger partial charge < -0.3 is 4.90 Å². The maximum atomic E-state index is 13.2. The van der Waals surface area contributed by atoms with Gasteiger partial charge in [0, 0.05) is 46.1 Å². The molecule has 1 heterocycles. The van der Waals surface area contributed by atoms with E-state index < -0.39 is 10.0 Å². The third-order valence-corrected chi connectivity index (χ3v) is 9.40. The Bertz CT molecular complexity index is 1050. The second-order valence-corrected chi connectivity index (χ2v) is 12.3. The molecule has 0 unspecified atom stereocenters. The highest BCUT2D eigenvalue weighted by molar-refractivity contribution is 7.98. The minimum absolute atomic E-state index is 0.0922. The third kappa shape index (κ3) is 7.29. The van der Waals surface area contributed by atoms with Crippen molar-refractivity contribution in [2.24, 2.45) is 0 Å². The van der Waals surface area contributed by atoms with E-state index in [0.29, 0.717) is 40.2 Å². The second-order valence-electron chi connectivity index (χ2n) is 7.72. The number of rotatable bonds is 9. The number of amides is 1. The fraction of sp³-hybridized carbons (Fsp3) is 0.435. The number of halogens is 2. The van der Waals surface area contributed by atoms with Crippen LogP contribution in [0.25, 0.3) is 0 Å². The monoisotopic (exact) mass is 546 g/mol. The van der Waals surface area contributed by atoms with E-state index >= 15 is 0 Å². The van der Waals surface area contributed by atoms with Crippen LogP contribution in [0.15, 0.2) is 46.2 Å². The molecular formula is C23H28Cl2N2O3S3. The van der Waals surface area contributed by atoms with Crippen LogP contribution in [-0.4, -0.2) is 50.9 Å². The molecule has 5 nitrogen and oxygen atoms in total.